The number of rotatable bonds is 5. The van der Waals surface area contributed by atoms with E-state index in [-0.39, 0.29) is 6.10 Å². The van der Waals surface area contributed by atoms with Crippen LogP contribution in [0.5, 0.6) is 0 Å². The quantitative estimate of drug-likeness (QED) is 0.751. The van der Waals surface area contributed by atoms with Crippen molar-refractivity contribution in [3.05, 3.63) is 84.2 Å². The van der Waals surface area contributed by atoms with Crippen LogP contribution < -0.4 is 10.6 Å². The van der Waals surface area contributed by atoms with Crippen molar-refractivity contribution in [2.24, 2.45) is 5.92 Å². The minimum Gasteiger partial charge on any atom is -0.381 e. The van der Waals surface area contributed by atoms with E-state index in [1.165, 1.54) is 15.9 Å². The van der Waals surface area contributed by atoms with Crippen molar-refractivity contribution in [1.29, 1.82) is 0 Å². The lowest BCUT2D eigenvalue weighted by Gasteiger charge is -2.28. The average molecular weight is 308 g/mol. The standard InChI is InChI=1S/C20H21OP/c1-16(21-2)19-14-9-15-20(19)22(17-10-5-3-6-11-17)18-12-7-4-8-13-18/h3-16,19H,1-2H3/t16-,19?/m1/s1. The predicted octanol–water partition coefficient (Wildman–Crippen LogP) is 4.22. The Morgan fingerprint density at radius 1 is 0.909 bits per heavy atom. The van der Waals surface area contributed by atoms with Crippen molar-refractivity contribution < 1.29 is 4.74 Å². The molecule has 1 aliphatic rings. The van der Waals surface area contributed by atoms with E-state index in [4.69, 9.17) is 4.74 Å². The van der Waals surface area contributed by atoms with Gasteiger partial charge in [-0.05, 0) is 30.8 Å². The van der Waals surface area contributed by atoms with Crippen molar-refractivity contribution in [2.45, 2.75) is 13.0 Å². The van der Waals surface area contributed by atoms with Gasteiger partial charge in [0.25, 0.3) is 0 Å². The van der Waals surface area contributed by atoms with Gasteiger partial charge in [-0.2, -0.15) is 0 Å². The molecule has 112 valence electrons. The fourth-order valence-corrected chi connectivity index (χ4v) is 5.52. The Balaban J connectivity index is 2.04. The first-order valence-electron chi connectivity index (χ1n) is 7.62. The monoisotopic (exact) mass is 308 g/mol. The third-order valence-electron chi connectivity index (χ3n) is 4.09. The molecule has 22 heavy (non-hydrogen) atoms. The van der Waals surface area contributed by atoms with E-state index in [9.17, 15) is 0 Å². The molecule has 2 heteroatoms. The third kappa shape index (κ3) is 3.06. The second-order valence-corrected chi connectivity index (χ2v) is 7.67. The molecular weight excluding hydrogens is 287 g/mol. The smallest absolute Gasteiger partial charge is 0.0647 e. The van der Waals surface area contributed by atoms with Crippen molar-refractivity contribution in [2.75, 3.05) is 7.11 Å². The van der Waals surface area contributed by atoms with Gasteiger partial charge in [0.15, 0.2) is 0 Å². The van der Waals surface area contributed by atoms with Crippen LogP contribution in [0, 0.1) is 5.92 Å². The highest BCUT2D eigenvalue weighted by atomic mass is 31.1. The first kappa shape index (κ1) is 15.2. The summed E-state index contributed by atoms with van der Waals surface area (Å²) in [6.07, 6.45) is 6.93. The normalized spacial score (nSPS) is 18.5. The molecule has 0 spiro atoms. The molecule has 0 aromatic heterocycles. The van der Waals surface area contributed by atoms with Gasteiger partial charge in [0, 0.05) is 13.0 Å². The van der Waals surface area contributed by atoms with Crippen LogP contribution in [0.25, 0.3) is 0 Å². The highest BCUT2D eigenvalue weighted by Gasteiger charge is 2.29. The molecule has 2 atom stereocenters. The number of benzene rings is 2. The summed E-state index contributed by atoms with van der Waals surface area (Å²) in [5.74, 6) is 0.358. The molecule has 0 N–H and O–H groups in total. The molecule has 0 saturated heterocycles. The largest absolute Gasteiger partial charge is 0.381 e. The van der Waals surface area contributed by atoms with Crippen LogP contribution in [-0.4, -0.2) is 13.2 Å². The fraction of sp³-hybridized carbons (Fsp3) is 0.200. The van der Waals surface area contributed by atoms with E-state index >= 15 is 0 Å². The fourth-order valence-electron chi connectivity index (χ4n) is 2.85. The second-order valence-electron chi connectivity index (χ2n) is 5.45. The van der Waals surface area contributed by atoms with E-state index in [1.54, 1.807) is 7.11 Å². The van der Waals surface area contributed by atoms with Gasteiger partial charge < -0.3 is 4.74 Å². The van der Waals surface area contributed by atoms with Gasteiger partial charge >= 0.3 is 0 Å². The van der Waals surface area contributed by atoms with Crippen LogP contribution in [0.3, 0.4) is 0 Å². The van der Waals surface area contributed by atoms with E-state index < -0.39 is 7.92 Å². The number of methoxy groups -OCH3 is 1. The number of allylic oxidation sites excluding steroid dienone is 2. The molecule has 0 fully saturated rings. The van der Waals surface area contributed by atoms with Crippen LogP contribution in [0.15, 0.2) is 84.2 Å². The summed E-state index contributed by atoms with van der Waals surface area (Å²) in [4.78, 5) is 0. The summed E-state index contributed by atoms with van der Waals surface area (Å²) in [5.41, 5.74) is 0. The van der Waals surface area contributed by atoms with Crippen molar-refractivity contribution >= 4 is 18.5 Å². The Morgan fingerprint density at radius 3 is 1.95 bits per heavy atom. The van der Waals surface area contributed by atoms with E-state index in [0.29, 0.717) is 5.92 Å². The van der Waals surface area contributed by atoms with Gasteiger partial charge in [-0.25, -0.2) is 0 Å². The molecule has 3 rings (SSSR count). The Bertz CT molecular complexity index is 621. The van der Waals surface area contributed by atoms with E-state index in [1.807, 2.05) is 0 Å². The summed E-state index contributed by atoms with van der Waals surface area (Å²) in [6.45, 7) is 2.15. The molecule has 2 aromatic rings. The Hall–Kier alpha value is -1.69. The van der Waals surface area contributed by atoms with Gasteiger partial charge in [0.1, 0.15) is 0 Å². The Labute approximate surface area is 134 Å². The summed E-state index contributed by atoms with van der Waals surface area (Å²) >= 11 is 0. The van der Waals surface area contributed by atoms with E-state index in [0.717, 1.165) is 0 Å². The number of hydrogen-bond donors (Lipinski definition) is 0. The molecule has 0 aliphatic heterocycles. The zero-order valence-corrected chi connectivity index (χ0v) is 13.9. The molecule has 0 bridgehead atoms. The number of hydrogen-bond acceptors (Lipinski definition) is 1. The summed E-state index contributed by atoms with van der Waals surface area (Å²) in [6, 6.07) is 21.7. The minimum atomic E-state index is -0.511. The zero-order valence-electron chi connectivity index (χ0n) is 13.0. The Kier molecular flexibility index (Phi) is 4.87. The van der Waals surface area contributed by atoms with Crippen LogP contribution in [-0.2, 0) is 4.74 Å². The van der Waals surface area contributed by atoms with Crippen LogP contribution in [0.1, 0.15) is 6.92 Å². The van der Waals surface area contributed by atoms with Crippen molar-refractivity contribution in [1.82, 2.24) is 0 Å². The lowest BCUT2D eigenvalue weighted by atomic mass is 10.1. The zero-order chi connectivity index (χ0) is 15.4. The first-order chi connectivity index (χ1) is 10.8. The Morgan fingerprint density at radius 2 is 1.45 bits per heavy atom. The maximum Gasteiger partial charge on any atom is 0.0647 e. The van der Waals surface area contributed by atoms with Crippen molar-refractivity contribution in [3.8, 4) is 0 Å². The van der Waals surface area contributed by atoms with Gasteiger partial charge in [0.2, 0.25) is 0 Å². The van der Waals surface area contributed by atoms with Crippen LogP contribution >= 0.6 is 7.92 Å². The first-order valence-corrected chi connectivity index (χ1v) is 8.97. The van der Waals surface area contributed by atoms with Gasteiger partial charge in [-0.3, -0.25) is 0 Å². The lowest BCUT2D eigenvalue weighted by Crippen LogP contribution is -2.22. The molecule has 0 saturated carbocycles. The summed E-state index contributed by atoms with van der Waals surface area (Å²) < 4.78 is 5.60. The molecule has 0 heterocycles. The molecular formula is C20H21OP. The van der Waals surface area contributed by atoms with Crippen LogP contribution in [0.4, 0.5) is 0 Å². The highest BCUT2D eigenvalue weighted by Crippen LogP contribution is 2.50. The molecule has 0 radical (unpaired) electrons. The number of ether oxygens (including phenoxy) is 1. The predicted molar refractivity (Wildman–Crippen MR) is 96.3 cm³/mol. The molecule has 1 aliphatic carbocycles. The maximum absolute atomic E-state index is 5.60. The van der Waals surface area contributed by atoms with E-state index in [2.05, 4.69) is 85.8 Å². The SMILES string of the molecule is CO[C@H](C)C1C=CC=C1P(c1ccccc1)c1ccccc1. The van der Waals surface area contributed by atoms with Crippen molar-refractivity contribution in [3.63, 3.8) is 0 Å². The van der Waals surface area contributed by atoms with Gasteiger partial charge in [0.05, 0.1) is 6.10 Å². The lowest BCUT2D eigenvalue weighted by molar-refractivity contribution is 0.0978. The maximum atomic E-state index is 5.60. The summed E-state index contributed by atoms with van der Waals surface area (Å²) in [7, 11) is 1.28. The van der Waals surface area contributed by atoms with Gasteiger partial charge in [-0.15, -0.1) is 0 Å². The van der Waals surface area contributed by atoms with Gasteiger partial charge in [-0.1, -0.05) is 78.9 Å². The minimum absolute atomic E-state index is 0.197. The highest BCUT2D eigenvalue weighted by molar-refractivity contribution is 7.76. The van der Waals surface area contributed by atoms with Crippen LogP contribution in [0.2, 0.25) is 0 Å². The molecule has 1 nitrogen and oxygen atoms in total. The average Bonchev–Trinajstić information content (AvgIpc) is 3.06. The topological polar surface area (TPSA) is 9.23 Å². The summed E-state index contributed by atoms with van der Waals surface area (Å²) in [5, 5.41) is 4.26. The second kappa shape index (κ2) is 7.05. The third-order valence-corrected chi connectivity index (χ3v) is 6.68. The molecule has 0 amide bonds. The molecule has 2 aromatic carbocycles. The molecule has 1 unspecified atom stereocenters.